The molecule has 2 aliphatic heterocycles. The van der Waals surface area contributed by atoms with Crippen LogP contribution in [0.15, 0.2) is 42.1 Å². The zero-order valence-corrected chi connectivity index (χ0v) is 21.7. The van der Waals surface area contributed by atoms with Gasteiger partial charge in [-0.15, -0.1) is 0 Å². The molecule has 1 spiro atoms. The van der Waals surface area contributed by atoms with Crippen LogP contribution >= 0.6 is 0 Å². The molecule has 0 aromatic carbocycles. The van der Waals surface area contributed by atoms with Crippen molar-refractivity contribution >= 4 is 17.7 Å². The first-order valence-corrected chi connectivity index (χ1v) is 12.9. The van der Waals surface area contributed by atoms with E-state index < -0.39 is 59.9 Å². The fourth-order valence-electron chi connectivity index (χ4n) is 6.91. The van der Waals surface area contributed by atoms with Crippen molar-refractivity contribution in [1.29, 1.82) is 0 Å². The van der Waals surface area contributed by atoms with E-state index in [-0.39, 0.29) is 30.0 Å². The minimum absolute atomic E-state index is 0.0292. The number of methoxy groups -OCH3 is 1. The van der Waals surface area contributed by atoms with Crippen LogP contribution in [0.3, 0.4) is 0 Å². The zero-order chi connectivity index (χ0) is 26.6. The Bertz CT molecular complexity index is 1120. The number of nitrogens with one attached hydrogen (secondary N) is 1. The third-order valence-electron chi connectivity index (χ3n) is 8.70. The van der Waals surface area contributed by atoms with E-state index in [1.54, 1.807) is 32.2 Å². The number of ether oxygens (including phenoxy) is 4. The van der Waals surface area contributed by atoms with Gasteiger partial charge in [0.2, 0.25) is 0 Å². The summed E-state index contributed by atoms with van der Waals surface area (Å²) in [4.78, 5) is 42.7. The summed E-state index contributed by atoms with van der Waals surface area (Å²) in [5.41, 5.74) is 0.111. The second-order valence-electron chi connectivity index (χ2n) is 10.9. The first-order valence-electron chi connectivity index (χ1n) is 12.9. The van der Waals surface area contributed by atoms with Crippen LogP contribution in [0.2, 0.25) is 0 Å². The molecule has 2 N–H and O–H groups in total. The number of rotatable bonds is 4. The molecule has 9 heteroatoms. The van der Waals surface area contributed by atoms with E-state index in [9.17, 15) is 19.5 Å². The number of carbonyl (C=O) groups is 3. The molecule has 1 saturated heterocycles. The molecule has 9 nitrogen and oxygen atoms in total. The van der Waals surface area contributed by atoms with Crippen molar-refractivity contribution < 1.29 is 38.4 Å². The molecule has 0 unspecified atom stereocenters. The average molecular weight is 514 g/mol. The van der Waals surface area contributed by atoms with Gasteiger partial charge in [0.15, 0.2) is 6.10 Å². The molecule has 2 fully saturated rings. The van der Waals surface area contributed by atoms with Crippen molar-refractivity contribution in [3.05, 3.63) is 47.8 Å². The smallest absolute Gasteiger partial charge is 0.355 e. The van der Waals surface area contributed by atoms with Crippen LogP contribution in [-0.4, -0.2) is 71.0 Å². The molecule has 200 valence electrons. The predicted octanol–water partition coefficient (Wildman–Crippen LogP) is 2.61. The van der Waals surface area contributed by atoms with Crippen LogP contribution in [0.25, 0.3) is 0 Å². The van der Waals surface area contributed by atoms with Gasteiger partial charge in [0, 0.05) is 31.1 Å². The van der Waals surface area contributed by atoms with Gasteiger partial charge < -0.3 is 29.0 Å². The second kappa shape index (κ2) is 9.53. The number of aromatic amines is 1. The maximum Gasteiger partial charge on any atom is 0.355 e. The number of aliphatic hydroxyl groups excluding tert-OH is 1. The zero-order valence-electron chi connectivity index (χ0n) is 21.7. The fourth-order valence-corrected chi connectivity index (χ4v) is 6.91. The topological polar surface area (TPSA) is 124 Å². The number of hydrogen-bond donors (Lipinski definition) is 2. The third-order valence-corrected chi connectivity index (χ3v) is 8.70. The number of carbonyl (C=O) groups excluding carboxylic acids is 3. The van der Waals surface area contributed by atoms with Gasteiger partial charge in [-0.1, -0.05) is 32.1 Å². The summed E-state index contributed by atoms with van der Waals surface area (Å²) < 4.78 is 24.0. The molecule has 3 heterocycles. The number of esters is 2. The third kappa shape index (κ3) is 3.99. The van der Waals surface area contributed by atoms with Gasteiger partial charge in [-0.2, -0.15) is 0 Å². The fraction of sp³-hybridized carbons (Fsp3) is 0.607. The van der Waals surface area contributed by atoms with E-state index in [2.05, 4.69) is 4.98 Å². The lowest BCUT2D eigenvalue weighted by Gasteiger charge is -2.45. The van der Waals surface area contributed by atoms with Crippen molar-refractivity contribution in [2.24, 2.45) is 29.6 Å². The summed E-state index contributed by atoms with van der Waals surface area (Å²) in [6.07, 6.45) is 3.92. The highest BCUT2D eigenvalue weighted by Crippen LogP contribution is 2.60. The number of aromatic nitrogens is 1. The lowest BCUT2D eigenvalue weighted by atomic mass is 9.58. The van der Waals surface area contributed by atoms with Crippen LogP contribution in [0.1, 0.15) is 44.6 Å². The van der Waals surface area contributed by atoms with Crippen molar-refractivity contribution in [2.45, 2.75) is 70.2 Å². The molecular formula is C28H35NO8. The van der Waals surface area contributed by atoms with Gasteiger partial charge in [-0.25, -0.2) is 9.59 Å². The first kappa shape index (κ1) is 25.9. The van der Waals surface area contributed by atoms with Crippen molar-refractivity contribution in [1.82, 2.24) is 4.98 Å². The molecule has 1 aromatic rings. The predicted molar refractivity (Wildman–Crippen MR) is 131 cm³/mol. The summed E-state index contributed by atoms with van der Waals surface area (Å²) in [6, 6.07) is 3.33. The van der Waals surface area contributed by atoms with Gasteiger partial charge in [0.1, 0.15) is 35.4 Å². The van der Waals surface area contributed by atoms with Gasteiger partial charge in [0.25, 0.3) is 0 Å². The highest BCUT2D eigenvalue weighted by Gasteiger charge is 2.69. The maximum atomic E-state index is 14.0. The Morgan fingerprint density at radius 3 is 2.68 bits per heavy atom. The van der Waals surface area contributed by atoms with Crippen LogP contribution < -0.4 is 0 Å². The molecular weight excluding hydrogens is 478 g/mol. The highest BCUT2D eigenvalue weighted by atomic mass is 16.6. The monoisotopic (exact) mass is 513 g/mol. The van der Waals surface area contributed by atoms with Crippen LogP contribution in [0.4, 0.5) is 0 Å². The molecule has 1 aromatic heterocycles. The van der Waals surface area contributed by atoms with E-state index >= 15 is 0 Å². The molecule has 4 aliphatic rings. The Morgan fingerprint density at radius 2 is 2.03 bits per heavy atom. The van der Waals surface area contributed by atoms with Crippen molar-refractivity contribution in [3.63, 3.8) is 0 Å². The normalized spacial score (nSPS) is 43.3. The summed E-state index contributed by atoms with van der Waals surface area (Å²) in [7, 11) is 1.44. The van der Waals surface area contributed by atoms with Crippen LogP contribution in [-0.2, 0) is 28.5 Å². The summed E-state index contributed by atoms with van der Waals surface area (Å²) in [5, 5.41) is 10.4. The molecule has 0 radical (unpaired) electrons. The molecule has 2 aliphatic carbocycles. The first-order chi connectivity index (χ1) is 17.6. The summed E-state index contributed by atoms with van der Waals surface area (Å²) in [5.74, 6) is -3.16. The van der Waals surface area contributed by atoms with Gasteiger partial charge in [-0.3, -0.25) is 4.79 Å². The lowest BCUT2D eigenvalue weighted by molar-refractivity contribution is -0.172. The van der Waals surface area contributed by atoms with E-state index in [1.165, 1.54) is 7.11 Å². The highest BCUT2D eigenvalue weighted by molar-refractivity contribution is 5.91. The Hall–Kier alpha value is -2.75. The van der Waals surface area contributed by atoms with Gasteiger partial charge >= 0.3 is 11.9 Å². The molecule has 0 amide bonds. The Morgan fingerprint density at radius 1 is 1.27 bits per heavy atom. The standard InChI is InChI=1S/C28H35NO8/c1-13-11-14(2)28-17(12-20(34-5)27(33)35-23(13)16(4)30)8-9-18-21(28)22(31)15(3)24(25(18)37-28)36-26(32)19-7-6-10-29-19/h6-11,13,15-18,20-21,23-25,29-30H,12H2,1-5H3/b14-11-/t13-,15-,16-,17-,18-,20+,21+,23+,24-,25+,28+/m1/s1. The lowest BCUT2D eigenvalue weighted by Crippen LogP contribution is -2.55. The van der Waals surface area contributed by atoms with Crippen LogP contribution in [0, 0.1) is 29.6 Å². The van der Waals surface area contributed by atoms with E-state index in [4.69, 9.17) is 18.9 Å². The SMILES string of the molecule is CO[C@H]1C[C@H]2C=C[C@H]3[C@@H]4O[C@]2(/C(C)=C\[C@@H](C)[C@@H]([C@@H](C)O)OC1=O)[C@@H]3C(=O)[C@@H](C)[C@H]4OC(=O)c1ccc[nH]1. The number of H-pyrrole nitrogens is 1. The molecule has 37 heavy (non-hydrogen) atoms. The number of Topliss-reactive ketones (excluding diaryl/α,β-unsaturated/α-hetero) is 1. The summed E-state index contributed by atoms with van der Waals surface area (Å²) >= 11 is 0. The quantitative estimate of drug-likeness (QED) is 0.465. The second-order valence-corrected chi connectivity index (χ2v) is 10.9. The molecule has 5 rings (SSSR count). The van der Waals surface area contributed by atoms with Crippen LogP contribution in [0.5, 0.6) is 0 Å². The van der Waals surface area contributed by atoms with Gasteiger partial charge in [0.05, 0.1) is 17.9 Å². The Kier molecular flexibility index (Phi) is 6.66. The molecule has 1 saturated carbocycles. The van der Waals surface area contributed by atoms with E-state index in [0.717, 1.165) is 5.57 Å². The maximum absolute atomic E-state index is 14.0. The number of cyclic esters (lactones) is 1. The summed E-state index contributed by atoms with van der Waals surface area (Å²) in [6.45, 7) is 7.17. The van der Waals surface area contributed by atoms with Crippen molar-refractivity contribution in [3.8, 4) is 0 Å². The molecule has 11 atom stereocenters. The average Bonchev–Trinajstić information content (AvgIpc) is 3.46. The number of aliphatic hydroxyl groups is 1. The number of hydrogen-bond acceptors (Lipinski definition) is 8. The minimum Gasteiger partial charge on any atom is -0.457 e. The number of ketones is 1. The van der Waals surface area contributed by atoms with E-state index in [0.29, 0.717) is 5.69 Å². The Balaban J connectivity index is 1.58. The Labute approximate surface area is 216 Å². The van der Waals surface area contributed by atoms with E-state index in [1.807, 2.05) is 32.1 Å². The minimum atomic E-state index is -1.03. The largest absolute Gasteiger partial charge is 0.457 e. The van der Waals surface area contributed by atoms with Crippen molar-refractivity contribution in [2.75, 3.05) is 7.11 Å². The molecule has 4 bridgehead atoms. The van der Waals surface area contributed by atoms with Gasteiger partial charge in [-0.05, 0) is 38.0 Å².